The smallest absolute Gasteiger partial charge is 0.256 e. The van der Waals surface area contributed by atoms with Crippen molar-refractivity contribution in [3.63, 3.8) is 0 Å². The van der Waals surface area contributed by atoms with Crippen LogP contribution >= 0.6 is 11.8 Å². The summed E-state index contributed by atoms with van der Waals surface area (Å²) in [5, 5.41) is 9.11. The molecule has 1 saturated carbocycles. The molecule has 0 bridgehead atoms. The van der Waals surface area contributed by atoms with E-state index >= 15 is 0 Å². The number of amides is 1. The molecular formula is C18H25N5OS. The molecule has 7 heteroatoms. The van der Waals surface area contributed by atoms with E-state index in [0.29, 0.717) is 11.5 Å². The maximum Gasteiger partial charge on any atom is 0.256 e. The summed E-state index contributed by atoms with van der Waals surface area (Å²) >= 11 is 1.47. The molecular weight excluding hydrogens is 334 g/mol. The number of aryl methyl sites for hydroxylation is 2. The molecule has 6 nitrogen and oxygen atoms in total. The molecule has 1 aliphatic carbocycles. The molecule has 1 saturated heterocycles. The van der Waals surface area contributed by atoms with Gasteiger partial charge < -0.3 is 4.90 Å². The van der Waals surface area contributed by atoms with Crippen molar-refractivity contribution in [3.8, 4) is 0 Å². The molecule has 0 unspecified atom stereocenters. The number of rotatable bonds is 3. The topological polar surface area (TPSA) is 63.4 Å². The third-order valence-corrected chi connectivity index (χ3v) is 6.55. The third-order valence-electron chi connectivity index (χ3n) is 5.63. The van der Waals surface area contributed by atoms with Crippen LogP contribution in [-0.4, -0.2) is 49.2 Å². The first-order chi connectivity index (χ1) is 12.1. The standard InChI is InChI=1S/C18H25N5OS/c1-12-9-13(2)23-17(19-12)20-21-18(23)25-11-16(24)22-8-7-14-5-3-4-6-15(14)10-22/h9,14-15H,3-8,10-11H2,1-2H3/t14-,15+/m0/s1. The van der Waals surface area contributed by atoms with Gasteiger partial charge in [0.1, 0.15) is 0 Å². The van der Waals surface area contributed by atoms with Gasteiger partial charge in [0.05, 0.1) is 5.75 Å². The average Bonchev–Trinajstić information content (AvgIpc) is 3.02. The van der Waals surface area contributed by atoms with E-state index in [2.05, 4.69) is 20.1 Å². The summed E-state index contributed by atoms with van der Waals surface area (Å²) in [5.41, 5.74) is 1.98. The summed E-state index contributed by atoms with van der Waals surface area (Å²) in [6, 6.07) is 2.01. The highest BCUT2D eigenvalue weighted by atomic mass is 32.2. The van der Waals surface area contributed by atoms with Crippen molar-refractivity contribution >= 4 is 23.4 Å². The number of aromatic nitrogens is 4. The van der Waals surface area contributed by atoms with Crippen LogP contribution in [0.4, 0.5) is 0 Å². The zero-order valence-corrected chi connectivity index (χ0v) is 15.8. The summed E-state index contributed by atoms with van der Waals surface area (Å²) in [6.45, 7) is 5.84. The minimum Gasteiger partial charge on any atom is -0.342 e. The van der Waals surface area contributed by atoms with Gasteiger partial charge in [-0.3, -0.25) is 9.20 Å². The minimum atomic E-state index is 0.225. The van der Waals surface area contributed by atoms with Crippen molar-refractivity contribution in [3.05, 3.63) is 17.5 Å². The van der Waals surface area contributed by atoms with Gasteiger partial charge in [0.15, 0.2) is 5.16 Å². The molecule has 0 radical (unpaired) electrons. The summed E-state index contributed by atoms with van der Waals surface area (Å²) in [7, 11) is 0. The quantitative estimate of drug-likeness (QED) is 0.789. The Morgan fingerprint density at radius 2 is 2.00 bits per heavy atom. The van der Waals surface area contributed by atoms with Crippen LogP contribution in [0, 0.1) is 25.7 Å². The van der Waals surface area contributed by atoms with E-state index in [9.17, 15) is 4.79 Å². The highest BCUT2D eigenvalue weighted by molar-refractivity contribution is 7.99. The average molecular weight is 359 g/mol. The number of likely N-dealkylation sites (tertiary alicyclic amines) is 1. The molecule has 4 rings (SSSR count). The lowest BCUT2D eigenvalue weighted by Gasteiger charge is -2.41. The monoisotopic (exact) mass is 359 g/mol. The Bertz CT molecular complexity index is 789. The Morgan fingerprint density at radius 1 is 1.20 bits per heavy atom. The summed E-state index contributed by atoms with van der Waals surface area (Å²) in [6.07, 6.45) is 6.53. The van der Waals surface area contributed by atoms with Crippen LogP contribution < -0.4 is 0 Å². The van der Waals surface area contributed by atoms with Crippen molar-refractivity contribution < 1.29 is 4.79 Å². The number of carbonyl (C=O) groups excluding carboxylic acids is 1. The molecule has 2 atom stereocenters. The van der Waals surface area contributed by atoms with Crippen LogP contribution in [0.15, 0.2) is 11.2 Å². The van der Waals surface area contributed by atoms with Gasteiger partial charge >= 0.3 is 0 Å². The molecule has 134 valence electrons. The van der Waals surface area contributed by atoms with E-state index in [1.54, 1.807) is 0 Å². The molecule has 0 aromatic carbocycles. The molecule has 2 fully saturated rings. The van der Waals surface area contributed by atoms with Crippen molar-refractivity contribution in [1.29, 1.82) is 0 Å². The molecule has 2 aliphatic rings. The molecule has 1 amide bonds. The van der Waals surface area contributed by atoms with Crippen LogP contribution in [0.1, 0.15) is 43.5 Å². The molecule has 2 aromatic heterocycles. The lowest BCUT2D eigenvalue weighted by molar-refractivity contribution is -0.131. The van der Waals surface area contributed by atoms with Crippen molar-refractivity contribution in [1.82, 2.24) is 24.5 Å². The Hall–Kier alpha value is -1.63. The normalized spacial score (nSPS) is 23.7. The predicted molar refractivity (Wildman–Crippen MR) is 97.6 cm³/mol. The molecule has 3 heterocycles. The fourth-order valence-corrected chi connectivity index (χ4v) is 5.23. The summed E-state index contributed by atoms with van der Waals surface area (Å²) in [5.74, 6) is 2.83. The Balaban J connectivity index is 1.41. The number of piperidine rings is 1. The number of carbonyl (C=O) groups is 1. The second-order valence-corrected chi connectivity index (χ2v) is 8.32. The van der Waals surface area contributed by atoms with Crippen LogP contribution in [0.25, 0.3) is 5.78 Å². The van der Waals surface area contributed by atoms with Gasteiger partial charge in [0.25, 0.3) is 5.78 Å². The maximum absolute atomic E-state index is 12.7. The molecule has 0 spiro atoms. The second kappa shape index (κ2) is 6.94. The minimum absolute atomic E-state index is 0.225. The van der Waals surface area contributed by atoms with Gasteiger partial charge in [0, 0.05) is 24.5 Å². The van der Waals surface area contributed by atoms with E-state index < -0.39 is 0 Å². The van der Waals surface area contributed by atoms with Crippen LogP contribution in [-0.2, 0) is 4.79 Å². The summed E-state index contributed by atoms with van der Waals surface area (Å²) in [4.78, 5) is 19.1. The number of thioether (sulfide) groups is 1. The first-order valence-electron chi connectivity index (χ1n) is 9.22. The Labute approximate surface area is 152 Å². The predicted octanol–water partition coefficient (Wildman–Crippen LogP) is 2.87. The number of nitrogens with zero attached hydrogens (tertiary/aromatic N) is 5. The zero-order chi connectivity index (χ0) is 17.4. The van der Waals surface area contributed by atoms with E-state index in [4.69, 9.17) is 0 Å². The lowest BCUT2D eigenvalue weighted by atomic mass is 9.75. The van der Waals surface area contributed by atoms with Crippen molar-refractivity contribution in [2.75, 3.05) is 18.8 Å². The number of fused-ring (bicyclic) bond motifs is 2. The van der Waals surface area contributed by atoms with Gasteiger partial charge in [-0.05, 0) is 44.6 Å². The largest absolute Gasteiger partial charge is 0.342 e. The Kier molecular flexibility index (Phi) is 4.67. The van der Waals surface area contributed by atoms with Crippen molar-refractivity contribution in [2.45, 2.75) is 51.1 Å². The second-order valence-electron chi connectivity index (χ2n) is 7.38. The van der Waals surface area contributed by atoms with Crippen molar-refractivity contribution in [2.24, 2.45) is 11.8 Å². The van der Waals surface area contributed by atoms with Gasteiger partial charge in [-0.2, -0.15) is 0 Å². The van der Waals surface area contributed by atoms with E-state index in [1.807, 2.05) is 24.3 Å². The van der Waals surface area contributed by atoms with Gasteiger partial charge in [0.2, 0.25) is 5.91 Å². The van der Waals surface area contributed by atoms with E-state index in [1.165, 1.54) is 43.9 Å². The fourth-order valence-electron chi connectivity index (χ4n) is 4.34. The number of hydrogen-bond acceptors (Lipinski definition) is 5. The van der Waals surface area contributed by atoms with Gasteiger partial charge in [-0.25, -0.2) is 4.98 Å². The van der Waals surface area contributed by atoms with Gasteiger partial charge in [-0.15, -0.1) is 10.2 Å². The first-order valence-corrected chi connectivity index (χ1v) is 10.2. The lowest BCUT2D eigenvalue weighted by Crippen LogP contribution is -2.45. The SMILES string of the molecule is Cc1cc(C)n2c(SCC(=O)N3CC[C@@H]4CCCC[C@@H]4C3)nnc2n1. The molecule has 2 aromatic rings. The first kappa shape index (κ1) is 16.8. The fraction of sp³-hybridized carbons (Fsp3) is 0.667. The van der Waals surface area contributed by atoms with Crippen LogP contribution in [0.5, 0.6) is 0 Å². The highest BCUT2D eigenvalue weighted by Gasteiger charge is 2.32. The Morgan fingerprint density at radius 3 is 2.84 bits per heavy atom. The van der Waals surface area contributed by atoms with Crippen LogP contribution in [0.2, 0.25) is 0 Å². The van der Waals surface area contributed by atoms with Gasteiger partial charge in [-0.1, -0.05) is 31.0 Å². The van der Waals surface area contributed by atoms with Crippen LogP contribution in [0.3, 0.4) is 0 Å². The van der Waals surface area contributed by atoms with E-state index in [-0.39, 0.29) is 5.91 Å². The third kappa shape index (κ3) is 3.38. The summed E-state index contributed by atoms with van der Waals surface area (Å²) < 4.78 is 1.93. The molecule has 1 aliphatic heterocycles. The number of hydrogen-bond donors (Lipinski definition) is 0. The molecule has 25 heavy (non-hydrogen) atoms. The highest BCUT2D eigenvalue weighted by Crippen LogP contribution is 2.36. The maximum atomic E-state index is 12.7. The zero-order valence-electron chi connectivity index (χ0n) is 14.9. The molecule has 0 N–H and O–H groups in total. The van der Waals surface area contributed by atoms with E-state index in [0.717, 1.165) is 41.5 Å².